The van der Waals surface area contributed by atoms with Crippen LogP contribution in [0.25, 0.3) is 0 Å². The Kier molecular flexibility index (Phi) is 4.58. The van der Waals surface area contributed by atoms with Gasteiger partial charge in [0.15, 0.2) is 0 Å². The number of carbonyl (C=O) groups is 1. The number of esters is 1. The maximum atomic E-state index is 11.2. The quantitative estimate of drug-likeness (QED) is 0.671. The van der Waals surface area contributed by atoms with E-state index in [1.54, 1.807) is 6.92 Å². The van der Waals surface area contributed by atoms with Gasteiger partial charge < -0.3 is 10.5 Å². The van der Waals surface area contributed by atoms with Crippen molar-refractivity contribution in [2.45, 2.75) is 18.9 Å². The van der Waals surface area contributed by atoms with Crippen LogP contribution in [0.1, 0.15) is 18.9 Å². The van der Waals surface area contributed by atoms with Crippen LogP contribution in [0.5, 0.6) is 0 Å². The molecule has 0 aliphatic carbocycles. The van der Waals surface area contributed by atoms with Crippen molar-refractivity contribution in [3.8, 4) is 0 Å². The summed E-state index contributed by atoms with van der Waals surface area (Å²) in [6, 6.07) is 5.58. The predicted octanol–water partition coefficient (Wildman–Crippen LogP) is 2.68. The molecule has 0 fully saturated rings. The van der Waals surface area contributed by atoms with Gasteiger partial charge in [-0.05, 0) is 41.1 Å². The zero-order valence-corrected chi connectivity index (χ0v) is 12.0. The van der Waals surface area contributed by atoms with Crippen LogP contribution in [-0.2, 0) is 15.1 Å². The van der Waals surface area contributed by atoms with Crippen molar-refractivity contribution in [3.63, 3.8) is 0 Å². The molecule has 2 N–H and O–H groups in total. The molecule has 88 valence electrons. The molecule has 5 heteroatoms. The van der Waals surface area contributed by atoms with Crippen LogP contribution >= 0.6 is 34.2 Å². The van der Waals surface area contributed by atoms with Crippen molar-refractivity contribution in [2.75, 3.05) is 7.11 Å². The normalized spacial score (nSPS) is 14.3. The molecule has 0 aliphatic heterocycles. The van der Waals surface area contributed by atoms with Crippen molar-refractivity contribution in [2.24, 2.45) is 5.73 Å². The van der Waals surface area contributed by atoms with Crippen LogP contribution in [-0.4, -0.2) is 13.1 Å². The third kappa shape index (κ3) is 3.09. The van der Waals surface area contributed by atoms with Crippen molar-refractivity contribution in [1.29, 1.82) is 0 Å². The molecule has 0 unspecified atom stereocenters. The molecule has 0 saturated heterocycles. The molecular formula is C11H13ClINO2. The Morgan fingerprint density at radius 3 is 2.81 bits per heavy atom. The Morgan fingerprint density at radius 2 is 2.25 bits per heavy atom. The van der Waals surface area contributed by atoms with Gasteiger partial charge in [0.05, 0.1) is 24.1 Å². The van der Waals surface area contributed by atoms with Gasteiger partial charge in [0.1, 0.15) is 0 Å². The van der Waals surface area contributed by atoms with E-state index in [0.717, 1.165) is 9.13 Å². The first-order valence-electron chi connectivity index (χ1n) is 4.68. The standard InChI is InChI=1S/C11H13ClINO2/c1-11(14,6-9(15)16-2)7-4-3-5-8(13)10(7)12/h3-5H,6,14H2,1-2H3/t11-/m0/s1. The Hall–Kier alpha value is -0.330. The second-order valence-electron chi connectivity index (χ2n) is 3.77. The minimum atomic E-state index is -0.814. The van der Waals surface area contributed by atoms with E-state index in [0.29, 0.717) is 5.02 Å². The topological polar surface area (TPSA) is 52.3 Å². The summed E-state index contributed by atoms with van der Waals surface area (Å²) in [6.45, 7) is 1.77. The largest absolute Gasteiger partial charge is 0.469 e. The van der Waals surface area contributed by atoms with Crippen LogP contribution in [0.3, 0.4) is 0 Å². The van der Waals surface area contributed by atoms with E-state index in [2.05, 4.69) is 27.3 Å². The fourth-order valence-electron chi connectivity index (χ4n) is 1.41. The van der Waals surface area contributed by atoms with Crippen molar-refractivity contribution in [3.05, 3.63) is 32.4 Å². The third-order valence-corrected chi connectivity index (χ3v) is 3.93. The smallest absolute Gasteiger partial charge is 0.307 e. The van der Waals surface area contributed by atoms with E-state index < -0.39 is 5.54 Å². The zero-order chi connectivity index (χ0) is 12.3. The maximum Gasteiger partial charge on any atom is 0.307 e. The van der Waals surface area contributed by atoms with Gasteiger partial charge in [0, 0.05) is 3.57 Å². The monoisotopic (exact) mass is 353 g/mol. The first-order valence-corrected chi connectivity index (χ1v) is 6.14. The Labute approximate surface area is 113 Å². The second kappa shape index (κ2) is 5.33. The molecular weight excluding hydrogens is 340 g/mol. The van der Waals surface area contributed by atoms with Crippen LogP contribution < -0.4 is 5.73 Å². The van der Waals surface area contributed by atoms with E-state index in [1.807, 2.05) is 18.2 Å². The molecule has 0 saturated carbocycles. The van der Waals surface area contributed by atoms with Gasteiger partial charge >= 0.3 is 5.97 Å². The highest BCUT2D eigenvalue weighted by molar-refractivity contribution is 14.1. The lowest BCUT2D eigenvalue weighted by molar-refractivity contribution is -0.141. The number of benzene rings is 1. The molecule has 0 bridgehead atoms. The number of hydrogen-bond acceptors (Lipinski definition) is 3. The first kappa shape index (κ1) is 13.7. The Balaban J connectivity index is 3.06. The molecule has 1 aromatic carbocycles. The lowest BCUT2D eigenvalue weighted by Gasteiger charge is -2.25. The summed E-state index contributed by atoms with van der Waals surface area (Å²) < 4.78 is 5.53. The summed E-state index contributed by atoms with van der Waals surface area (Å²) in [5.74, 6) is -0.347. The van der Waals surface area contributed by atoms with Gasteiger partial charge in [-0.3, -0.25) is 4.79 Å². The van der Waals surface area contributed by atoms with Gasteiger partial charge in [-0.25, -0.2) is 0 Å². The summed E-state index contributed by atoms with van der Waals surface area (Å²) in [5, 5.41) is 0.594. The highest BCUT2D eigenvalue weighted by Gasteiger charge is 2.28. The highest BCUT2D eigenvalue weighted by atomic mass is 127. The number of methoxy groups -OCH3 is 1. The average molecular weight is 354 g/mol. The predicted molar refractivity (Wildman–Crippen MR) is 72.3 cm³/mol. The van der Waals surface area contributed by atoms with Gasteiger partial charge in [0.25, 0.3) is 0 Å². The van der Waals surface area contributed by atoms with E-state index in [9.17, 15) is 4.79 Å². The van der Waals surface area contributed by atoms with Crippen LogP contribution in [0, 0.1) is 3.57 Å². The van der Waals surface area contributed by atoms with E-state index >= 15 is 0 Å². The van der Waals surface area contributed by atoms with Crippen LogP contribution in [0.2, 0.25) is 5.02 Å². The number of nitrogens with two attached hydrogens (primary N) is 1. The lowest BCUT2D eigenvalue weighted by atomic mass is 9.90. The summed E-state index contributed by atoms with van der Waals surface area (Å²) >= 11 is 8.29. The molecule has 1 aromatic rings. The number of rotatable bonds is 3. The molecule has 0 aromatic heterocycles. The minimum absolute atomic E-state index is 0.101. The summed E-state index contributed by atoms with van der Waals surface area (Å²) in [5.41, 5.74) is 6.04. The van der Waals surface area contributed by atoms with E-state index in [-0.39, 0.29) is 12.4 Å². The van der Waals surface area contributed by atoms with Crippen LogP contribution in [0.4, 0.5) is 0 Å². The van der Waals surface area contributed by atoms with Gasteiger partial charge in [-0.2, -0.15) is 0 Å². The SMILES string of the molecule is COC(=O)C[C@](C)(N)c1cccc(I)c1Cl. The van der Waals surface area contributed by atoms with Crippen molar-refractivity contribution < 1.29 is 9.53 Å². The fraction of sp³-hybridized carbons (Fsp3) is 0.364. The number of ether oxygens (including phenoxy) is 1. The summed E-state index contributed by atoms with van der Waals surface area (Å²) in [4.78, 5) is 11.2. The average Bonchev–Trinajstić information content (AvgIpc) is 2.21. The van der Waals surface area contributed by atoms with Gasteiger partial charge in [-0.1, -0.05) is 23.7 Å². The van der Waals surface area contributed by atoms with E-state index in [4.69, 9.17) is 17.3 Å². The number of halogens is 2. The highest BCUT2D eigenvalue weighted by Crippen LogP contribution is 2.31. The molecule has 16 heavy (non-hydrogen) atoms. The zero-order valence-electron chi connectivity index (χ0n) is 9.09. The summed E-state index contributed by atoms with van der Waals surface area (Å²) in [7, 11) is 1.34. The van der Waals surface area contributed by atoms with Gasteiger partial charge in [0.2, 0.25) is 0 Å². The number of hydrogen-bond donors (Lipinski definition) is 1. The lowest BCUT2D eigenvalue weighted by Crippen LogP contribution is -2.36. The second-order valence-corrected chi connectivity index (χ2v) is 5.31. The molecule has 0 spiro atoms. The third-order valence-electron chi connectivity index (χ3n) is 2.31. The molecule has 0 aliphatic rings. The minimum Gasteiger partial charge on any atom is -0.469 e. The molecule has 0 heterocycles. The Bertz CT molecular complexity index is 407. The molecule has 0 radical (unpaired) electrons. The molecule has 1 atom stereocenters. The van der Waals surface area contributed by atoms with Crippen molar-refractivity contribution in [1.82, 2.24) is 0 Å². The molecule has 3 nitrogen and oxygen atoms in total. The van der Waals surface area contributed by atoms with Crippen LogP contribution in [0.15, 0.2) is 18.2 Å². The maximum absolute atomic E-state index is 11.2. The van der Waals surface area contributed by atoms with Gasteiger partial charge in [-0.15, -0.1) is 0 Å². The first-order chi connectivity index (χ1) is 7.38. The Morgan fingerprint density at radius 1 is 1.62 bits per heavy atom. The van der Waals surface area contributed by atoms with Crippen molar-refractivity contribution >= 4 is 40.2 Å². The molecule has 0 amide bonds. The number of carbonyl (C=O) groups excluding carboxylic acids is 1. The fourth-order valence-corrected chi connectivity index (χ4v) is 2.25. The molecule has 1 rings (SSSR count). The van der Waals surface area contributed by atoms with E-state index in [1.165, 1.54) is 7.11 Å². The summed E-state index contributed by atoms with van der Waals surface area (Å²) in [6.07, 6.45) is 0.101.